The zero-order valence-corrected chi connectivity index (χ0v) is 12.0. The van der Waals surface area contributed by atoms with E-state index in [9.17, 15) is 13.2 Å². The summed E-state index contributed by atoms with van der Waals surface area (Å²) < 4.78 is 44.0. The molecule has 0 saturated carbocycles. The van der Waals surface area contributed by atoms with Gasteiger partial charge in [-0.05, 0) is 19.1 Å². The van der Waals surface area contributed by atoms with Crippen LogP contribution in [0.3, 0.4) is 0 Å². The van der Waals surface area contributed by atoms with E-state index in [1.807, 2.05) is 0 Å². The van der Waals surface area contributed by atoms with Gasteiger partial charge in [-0.2, -0.15) is 13.2 Å². The predicted octanol–water partition coefficient (Wildman–Crippen LogP) is 4.95. The number of hydrogen-bond donors (Lipinski definition) is 1. The van der Waals surface area contributed by atoms with Crippen LogP contribution in [-0.2, 0) is 6.18 Å². The zero-order chi connectivity index (χ0) is 15.9. The molecular weight excluding hydrogens is 319 g/mol. The molecule has 114 valence electrons. The number of rotatable bonds is 2. The van der Waals surface area contributed by atoms with Gasteiger partial charge in [0.2, 0.25) is 5.88 Å². The molecule has 22 heavy (non-hydrogen) atoms. The maximum atomic E-state index is 13.0. The van der Waals surface area contributed by atoms with Crippen LogP contribution in [0.5, 0.6) is 0 Å². The quantitative estimate of drug-likeness (QED) is 0.723. The molecule has 4 nitrogen and oxygen atoms in total. The summed E-state index contributed by atoms with van der Waals surface area (Å²) >= 11 is 5.96. The van der Waals surface area contributed by atoms with Gasteiger partial charge >= 0.3 is 6.18 Å². The number of nitrogens with zero attached hydrogens (tertiary/aromatic N) is 2. The molecule has 3 rings (SSSR count). The van der Waals surface area contributed by atoms with E-state index >= 15 is 0 Å². The molecule has 0 aliphatic rings. The Morgan fingerprint density at radius 2 is 2.00 bits per heavy atom. The molecule has 0 saturated heterocycles. The van der Waals surface area contributed by atoms with Crippen molar-refractivity contribution in [2.24, 2.45) is 0 Å². The normalized spacial score (nSPS) is 11.9. The Morgan fingerprint density at radius 1 is 1.23 bits per heavy atom. The Kier molecular flexibility index (Phi) is 3.44. The summed E-state index contributed by atoms with van der Waals surface area (Å²) in [6, 6.07) is 7.23. The van der Waals surface area contributed by atoms with E-state index in [1.54, 1.807) is 25.1 Å². The van der Waals surface area contributed by atoms with Gasteiger partial charge < -0.3 is 9.84 Å². The Hall–Kier alpha value is -2.28. The first kappa shape index (κ1) is 14.6. The monoisotopic (exact) mass is 327 g/mol. The molecule has 0 bridgehead atoms. The van der Waals surface area contributed by atoms with E-state index in [0.717, 1.165) is 6.07 Å². The Bertz CT molecular complexity index is 845. The molecule has 0 spiro atoms. The fourth-order valence-electron chi connectivity index (χ4n) is 2.02. The SMILES string of the molecule is Cc1cc(Nc2cc(C(F)(F)F)nc3c(Cl)cccc23)on1. The van der Waals surface area contributed by atoms with Crippen molar-refractivity contribution in [1.82, 2.24) is 10.1 Å². The van der Waals surface area contributed by atoms with Gasteiger partial charge in [-0.15, -0.1) is 0 Å². The van der Waals surface area contributed by atoms with E-state index in [-0.39, 0.29) is 22.1 Å². The molecule has 0 amide bonds. The van der Waals surface area contributed by atoms with Crippen LogP contribution in [0.1, 0.15) is 11.4 Å². The van der Waals surface area contributed by atoms with Crippen LogP contribution in [-0.4, -0.2) is 10.1 Å². The minimum absolute atomic E-state index is 0.0673. The van der Waals surface area contributed by atoms with Crippen molar-refractivity contribution in [2.75, 3.05) is 5.32 Å². The Labute approximate surface area is 127 Å². The number of pyridine rings is 1. The number of aryl methyl sites for hydroxylation is 1. The lowest BCUT2D eigenvalue weighted by Gasteiger charge is -2.12. The number of aromatic nitrogens is 2. The highest BCUT2D eigenvalue weighted by atomic mass is 35.5. The molecule has 3 aromatic rings. The van der Waals surface area contributed by atoms with Gasteiger partial charge in [-0.1, -0.05) is 28.9 Å². The Morgan fingerprint density at radius 3 is 2.64 bits per heavy atom. The van der Waals surface area contributed by atoms with E-state index in [0.29, 0.717) is 11.1 Å². The van der Waals surface area contributed by atoms with Crippen LogP contribution >= 0.6 is 11.6 Å². The third-order valence-electron chi connectivity index (χ3n) is 2.97. The molecule has 8 heteroatoms. The number of alkyl halides is 3. The molecule has 1 aromatic carbocycles. The Balaban J connectivity index is 2.20. The highest BCUT2D eigenvalue weighted by Gasteiger charge is 2.33. The fourth-order valence-corrected chi connectivity index (χ4v) is 2.23. The lowest BCUT2D eigenvalue weighted by Crippen LogP contribution is -2.09. The van der Waals surface area contributed by atoms with Crippen molar-refractivity contribution in [3.63, 3.8) is 0 Å². The van der Waals surface area contributed by atoms with E-state index < -0.39 is 11.9 Å². The number of anilines is 2. The van der Waals surface area contributed by atoms with Gasteiger partial charge in [-0.3, -0.25) is 0 Å². The topological polar surface area (TPSA) is 51.0 Å². The van der Waals surface area contributed by atoms with Crippen molar-refractivity contribution in [3.05, 3.63) is 46.7 Å². The predicted molar refractivity (Wildman–Crippen MR) is 76.3 cm³/mol. The fraction of sp³-hybridized carbons (Fsp3) is 0.143. The number of para-hydroxylation sites is 1. The van der Waals surface area contributed by atoms with Gasteiger partial charge in [0, 0.05) is 11.5 Å². The maximum absolute atomic E-state index is 13.0. The third kappa shape index (κ3) is 2.71. The van der Waals surface area contributed by atoms with Crippen LogP contribution in [0.15, 0.2) is 34.9 Å². The van der Waals surface area contributed by atoms with Crippen LogP contribution in [0.25, 0.3) is 10.9 Å². The minimum atomic E-state index is -4.58. The number of fused-ring (bicyclic) bond motifs is 1. The van der Waals surface area contributed by atoms with Crippen molar-refractivity contribution in [3.8, 4) is 0 Å². The van der Waals surface area contributed by atoms with Gasteiger partial charge in [0.15, 0.2) is 0 Å². The van der Waals surface area contributed by atoms with E-state index in [4.69, 9.17) is 16.1 Å². The lowest BCUT2D eigenvalue weighted by atomic mass is 10.1. The summed E-state index contributed by atoms with van der Waals surface area (Å²) in [6.07, 6.45) is -4.58. The van der Waals surface area contributed by atoms with Crippen molar-refractivity contribution >= 4 is 34.1 Å². The number of nitrogens with one attached hydrogen (secondary N) is 1. The molecule has 0 aliphatic carbocycles. The summed E-state index contributed by atoms with van der Waals surface area (Å²) in [5.74, 6) is 0.234. The second-order valence-corrected chi connectivity index (χ2v) is 5.05. The third-order valence-corrected chi connectivity index (χ3v) is 3.27. The molecule has 0 radical (unpaired) electrons. The second kappa shape index (κ2) is 5.17. The highest BCUT2D eigenvalue weighted by Crippen LogP contribution is 2.36. The van der Waals surface area contributed by atoms with Crippen LogP contribution in [0.4, 0.5) is 24.7 Å². The summed E-state index contributed by atoms with van der Waals surface area (Å²) in [7, 11) is 0. The standard InChI is InChI=1S/C14H9ClF3N3O/c1-7-5-12(22-21-7)19-10-6-11(14(16,17)18)20-13-8(10)3-2-4-9(13)15/h2-6H,1H3,(H,19,20). The molecule has 2 aromatic heterocycles. The van der Waals surface area contributed by atoms with Crippen molar-refractivity contribution < 1.29 is 17.7 Å². The molecule has 0 unspecified atom stereocenters. The molecule has 0 fully saturated rings. The summed E-state index contributed by atoms with van der Waals surface area (Å²) in [5, 5.41) is 7.05. The maximum Gasteiger partial charge on any atom is 0.433 e. The first-order chi connectivity index (χ1) is 10.3. The summed E-state index contributed by atoms with van der Waals surface area (Å²) in [6.45, 7) is 1.71. The van der Waals surface area contributed by atoms with Crippen molar-refractivity contribution in [2.45, 2.75) is 13.1 Å². The zero-order valence-electron chi connectivity index (χ0n) is 11.2. The van der Waals surface area contributed by atoms with Gasteiger partial charge in [0.1, 0.15) is 5.69 Å². The summed E-state index contributed by atoms with van der Waals surface area (Å²) in [4.78, 5) is 3.61. The van der Waals surface area contributed by atoms with E-state index in [2.05, 4.69) is 15.5 Å². The first-order valence-corrected chi connectivity index (χ1v) is 6.59. The summed E-state index contributed by atoms with van der Waals surface area (Å²) in [5.41, 5.74) is -0.171. The first-order valence-electron chi connectivity index (χ1n) is 6.21. The molecule has 0 aliphatic heterocycles. The van der Waals surface area contributed by atoms with Crippen LogP contribution < -0.4 is 5.32 Å². The average Bonchev–Trinajstić information content (AvgIpc) is 2.84. The van der Waals surface area contributed by atoms with Gasteiger partial charge in [0.05, 0.1) is 21.9 Å². The van der Waals surface area contributed by atoms with Gasteiger partial charge in [-0.25, -0.2) is 4.98 Å². The smallest absolute Gasteiger partial charge is 0.338 e. The molecule has 2 heterocycles. The van der Waals surface area contributed by atoms with E-state index in [1.165, 1.54) is 6.07 Å². The number of benzene rings is 1. The van der Waals surface area contributed by atoms with Crippen molar-refractivity contribution in [1.29, 1.82) is 0 Å². The molecular formula is C14H9ClF3N3O. The minimum Gasteiger partial charge on any atom is -0.338 e. The number of halogens is 4. The number of hydrogen-bond acceptors (Lipinski definition) is 4. The molecule has 1 N–H and O–H groups in total. The van der Waals surface area contributed by atoms with Crippen LogP contribution in [0.2, 0.25) is 5.02 Å². The lowest BCUT2D eigenvalue weighted by molar-refractivity contribution is -0.140. The van der Waals surface area contributed by atoms with Gasteiger partial charge in [0.25, 0.3) is 0 Å². The van der Waals surface area contributed by atoms with Crippen LogP contribution in [0, 0.1) is 6.92 Å². The highest BCUT2D eigenvalue weighted by molar-refractivity contribution is 6.35. The largest absolute Gasteiger partial charge is 0.433 e. The second-order valence-electron chi connectivity index (χ2n) is 4.65. The molecule has 0 atom stereocenters. The average molecular weight is 328 g/mol.